The molecule has 34 heavy (non-hydrogen) atoms. The third kappa shape index (κ3) is 4.02. The first-order chi connectivity index (χ1) is 16.5. The van der Waals surface area contributed by atoms with Crippen LogP contribution < -0.4 is 5.32 Å². The minimum atomic E-state index is -0.0451. The summed E-state index contributed by atoms with van der Waals surface area (Å²) in [5.74, 6) is 2.66. The van der Waals surface area contributed by atoms with Gasteiger partial charge in [0.1, 0.15) is 11.3 Å². The molecular weight excluding hydrogens is 428 g/mol. The molecule has 0 spiro atoms. The summed E-state index contributed by atoms with van der Waals surface area (Å²) >= 11 is 0. The molecule has 3 heterocycles. The molecule has 4 saturated carbocycles. The van der Waals surface area contributed by atoms with Crippen molar-refractivity contribution in [3.63, 3.8) is 0 Å². The van der Waals surface area contributed by atoms with Gasteiger partial charge in [0.05, 0.1) is 24.8 Å². The monoisotopic (exact) mass is 464 g/mol. The van der Waals surface area contributed by atoms with E-state index in [0.717, 1.165) is 43.7 Å². The first kappa shape index (κ1) is 22.1. The van der Waals surface area contributed by atoms with E-state index in [1.165, 1.54) is 38.5 Å². The van der Waals surface area contributed by atoms with E-state index in [1.807, 2.05) is 33.7 Å². The van der Waals surface area contributed by atoms with E-state index in [0.29, 0.717) is 29.1 Å². The second kappa shape index (κ2) is 8.67. The molecule has 2 aromatic rings. The summed E-state index contributed by atoms with van der Waals surface area (Å²) in [7, 11) is 1.68. The number of ether oxygens (including phenoxy) is 1. The van der Waals surface area contributed by atoms with Crippen molar-refractivity contribution in [1.82, 2.24) is 19.6 Å². The van der Waals surface area contributed by atoms with Crippen LogP contribution in [0.4, 0.5) is 0 Å². The van der Waals surface area contributed by atoms with Gasteiger partial charge in [0.25, 0.3) is 5.91 Å². The summed E-state index contributed by atoms with van der Waals surface area (Å²) in [5.41, 5.74) is 2.31. The minimum Gasteiger partial charge on any atom is -0.383 e. The fourth-order valence-corrected chi connectivity index (χ4v) is 7.98. The highest BCUT2D eigenvalue weighted by Gasteiger charge is 2.50. The van der Waals surface area contributed by atoms with Crippen molar-refractivity contribution in [3.05, 3.63) is 35.8 Å². The highest BCUT2D eigenvalue weighted by molar-refractivity contribution is 5.93. The first-order valence-electron chi connectivity index (χ1n) is 13.1. The predicted molar refractivity (Wildman–Crippen MR) is 128 cm³/mol. The number of likely N-dealkylation sites (tertiary alicyclic amines) is 1. The van der Waals surface area contributed by atoms with Crippen molar-refractivity contribution in [2.24, 2.45) is 23.2 Å². The quantitative estimate of drug-likeness (QED) is 0.681. The molecule has 4 bridgehead atoms. The van der Waals surface area contributed by atoms with Crippen molar-refractivity contribution in [2.75, 3.05) is 26.8 Å². The van der Waals surface area contributed by atoms with Gasteiger partial charge in [0.15, 0.2) is 0 Å². The summed E-state index contributed by atoms with van der Waals surface area (Å²) < 4.78 is 7.13. The minimum absolute atomic E-state index is 0.0451. The maximum absolute atomic E-state index is 13.3. The van der Waals surface area contributed by atoms with Crippen LogP contribution in [0.25, 0.3) is 5.65 Å². The van der Waals surface area contributed by atoms with E-state index in [-0.39, 0.29) is 24.3 Å². The van der Waals surface area contributed by atoms with Gasteiger partial charge in [0, 0.05) is 26.4 Å². The lowest BCUT2D eigenvalue weighted by Gasteiger charge is -2.56. The van der Waals surface area contributed by atoms with E-state index < -0.39 is 0 Å². The zero-order chi connectivity index (χ0) is 23.3. The Hall–Kier alpha value is -2.41. The molecule has 1 atom stereocenters. The van der Waals surface area contributed by atoms with Gasteiger partial charge in [-0.2, -0.15) is 0 Å². The Labute approximate surface area is 201 Å². The van der Waals surface area contributed by atoms with Crippen molar-refractivity contribution in [2.45, 2.75) is 63.8 Å². The van der Waals surface area contributed by atoms with Crippen LogP contribution in [-0.2, 0) is 16.0 Å². The van der Waals surface area contributed by atoms with Gasteiger partial charge in [0.2, 0.25) is 5.91 Å². The van der Waals surface area contributed by atoms with E-state index >= 15 is 0 Å². The third-order valence-corrected chi connectivity index (χ3v) is 8.95. The van der Waals surface area contributed by atoms with E-state index in [4.69, 9.17) is 4.74 Å². The number of hydrogen-bond donors (Lipinski definition) is 1. The van der Waals surface area contributed by atoms with Crippen LogP contribution in [-0.4, -0.2) is 58.9 Å². The smallest absolute Gasteiger partial charge is 0.268 e. The second-order valence-electron chi connectivity index (χ2n) is 11.5. The van der Waals surface area contributed by atoms with Gasteiger partial charge < -0.3 is 15.0 Å². The molecule has 7 nitrogen and oxygen atoms in total. The summed E-state index contributed by atoms with van der Waals surface area (Å²) in [4.78, 5) is 32.8. The molecule has 5 aliphatic rings. The molecular formula is C27H36N4O3. The molecule has 0 unspecified atom stereocenters. The average molecular weight is 465 g/mol. The number of aromatic nitrogens is 2. The number of pyridine rings is 1. The van der Waals surface area contributed by atoms with E-state index in [2.05, 4.69) is 10.3 Å². The van der Waals surface area contributed by atoms with Crippen LogP contribution in [0, 0.1) is 23.2 Å². The summed E-state index contributed by atoms with van der Waals surface area (Å²) in [5, 5.41) is 3.29. The van der Waals surface area contributed by atoms with Gasteiger partial charge >= 0.3 is 0 Å². The molecule has 2 aromatic heterocycles. The van der Waals surface area contributed by atoms with Crippen LogP contribution in [0.1, 0.15) is 67.5 Å². The molecule has 1 saturated heterocycles. The van der Waals surface area contributed by atoms with Crippen molar-refractivity contribution >= 4 is 17.5 Å². The lowest BCUT2D eigenvalue weighted by Crippen LogP contribution is -2.51. The number of imidazole rings is 1. The van der Waals surface area contributed by atoms with E-state index in [9.17, 15) is 9.59 Å². The highest BCUT2D eigenvalue weighted by atomic mass is 16.5. The molecule has 4 aliphatic carbocycles. The van der Waals surface area contributed by atoms with Crippen LogP contribution in [0.2, 0.25) is 0 Å². The topological polar surface area (TPSA) is 75.9 Å². The van der Waals surface area contributed by atoms with Gasteiger partial charge in [-0.05, 0) is 86.7 Å². The number of carbonyl (C=O) groups excluding carboxylic acids is 2. The maximum Gasteiger partial charge on any atom is 0.268 e. The molecule has 0 aromatic carbocycles. The lowest BCUT2D eigenvalue weighted by atomic mass is 9.49. The van der Waals surface area contributed by atoms with Gasteiger partial charge in [-0.1, -0.05) is 6.07 Å². The number of hydrogen-bond acceptors (Lipinski definition) is 4. The Kier molecular flexibility index (Phi) is 5.63. The third-order valence-electron chi connectivity index (χ3n) is 8.95. The molecule has 7 heteroatoms. The SMILES string of the molecule is COC[C@@H]1CCCN1C(=O)Cc1cn2c(C(=O)NCC34CC5CC(CC(C5)C3)C4)cccc2n1. The number of carbonyl (C=O) groups is 2. The van der Waals surface area contributed by atoms with Gasteiger partial charge in [-0.3, -0.25) is 14.0 Å². The number of fused-ring (bicyclic) bond motifs is 1. The maximum atomic E-state index is 13.3. The van der Waals surface area contributed by atoms with Crippen molar-refractivity contribution < 1.29 is 14.3 Å². The number of nitrogens with zero attached hydrogens (tertiary/aromatic N) is 3. The average Bonchev–Trinajstić information content (AvgIpc) is 3.43. The first-order valence-corrected chi connectivity index (χ1v) is 13.1. The zero-order valence-corrected chi connectivity index (χ0v) is 20.2. The second-order valence-corrected chi connectivity index (χ2v) is 11.5. The zero-order valence-electron chi connectivity index (χ0n) is 20.2. The van der Waals surface area contributed by atoms with Crippen LogP contribution in [0.15, 0.2) is 24.4 Å². The van der Waals surface area contributed by atoms with Crippen LogP contribution >= 0.6 is 0 Å². The van der Waals surface area contributed by atoms with Crippen molar-refractivity contribution in [1.29, 1.82) is 0 Å². The molecule has 0 radical (unpaired) electrons. The van der Waals surface area contributed by atoms with Gasteiger partial charge in [-0.15, -0.1) is 0 Å². The molecule has 7 rings (SSSR count). The Morgan fingerprint density at radius 2 is 1.88 bits per heavy atom. The summed E-state index contributed by atoms with van der Waals surface area (Å²) in [6, 6.07) is 5.78. The molecule has 2 amide bonds. The van der Waals surface area contributed by atoms with E-state index in [1.54, 1.807) is 7.11 Å². The van der Waals surface area contributed by atoms with Gasteiger partial charge in [-0.25, -0.2) is 4.98 Å². The number of methoxy groups -OCH3 is 1. The number of amides is 2. The molecule has 1 N–H and O–H groups in total. The Balaban J connectivity index is 1.15. The fraction of sp³-hybridized carbons (Fsp3) is 0.667. The van der Waals surface area contributed by atoms with Crippen LogP contribution in [0.3, 0.4) is 0 Å². The Bertz CT molecular complexity index is 1060. The van der Waals surface area contributed by atoms with Crippen LogP contribution in [0.5, 0.6) is 0 Å². The largest absolute Gasteiger partial charge is 0.383 e. The number of nitrogens with one attached hydrogen (secondary N) is 1. The molecule has 5 fully saturated rings. The predicted octanol–water partition coefficient (Wildman–Crippen LogP) is 3.46. The molecule has 182 valence electrons. The summed E-state index contributed by atoms with van der Waals surface area (Å²) in [6.07, 6.45) is 12.2. The molecule has 1 aliphatic heterocycles. The standard InChI is InChI=1S/C27H36N4O3/c1-34-16-22-4-3-7-30(22)25(32)11-21-15-31-23(5-2-6-24(31)29-21)26(33)28-17-27-12-18-8-19(13-27)10-20(9-18)14-27/h2,5-6,15,18-20,22H,3-4,7-14,16-17H2,1H3,(H,28,33)/t18?,19?,20?,22-,27?/m0/s1. The normalized spacial score (nSPS) is 32.0. The highest BCUT2D eigenvalue weighted by Crippen LogP contribution is 2.59. The Morgan fingerprint density at radius 3 is 2.59 bits per heavy atom. The Morgan fingerprint density at radius 1 is 1.15 bits per heavy atom. The van der Waals surface area contributed by atoms with Crippen molar-refractivity contribution in [3.8, 4) is 0 Å². The fourth-order valence-electron chi connectivity index (χ4n) is 7.98. The summed E-state index contributed by atoms with van der Waals surface area (Å²) in [6.45, 7) is 2.13. The number of rotatable bonds is 7. The lowest BCUT2D eigenvalue weighted by molar-refractivity contribution is -0.132.